The van der Waals surface area contributed by atoms with Crippen LogP contribution in [-0.2, 0) is 19.1 Å². The lowest BCUT2D eigenvalue weighted by Gasteiger charge is -2.35. The summed E-state index contributed by atoms with van der Waals surface area (Å²) >= 11 is 0. The van der Waals surface area contributed by atoms with Gasteiger partial charge in [-0.1, -0.05) is 13.8 Å². The molecule has 0 bridgehead atoms. The first-order valence-electron chi connectivity index (χ1n) is 10.2. The maximum atomic E-state index is 13.3. The third-order valence-electron chi connectivity index (χ3n) is 6.81. The van der Waals surface area contributed by atoms with Gasteiger partial charge in [-0.3, -0.25) is 14.4 Å². The molecule has 2 saturated carbocycles. The fraction of sp³-hybridized carbons (Fsp3) is 0.800. The van der Waals surface area contributed by atoms with Crippen LogP contribution in [0, 0.1) is 28.6 Å². The molecule has 0 aromatic rings. The van der Waals surface area contributed by atoms with Crippen molar-refractivity contribution in [3.05, 3.63) is 0 Å². The smallest absolute Gasteiger partial charge is 0.370 e. The zero-order valence-electron chi connectivity index (χ0n) is 17.9. The van der Waals surface area contributed by atoms with Gasteiger partial charge in [0.05, 0.1) is 17.8 Å². The van der Waals surface area contributed by atoms with Gasteiger partial charge in [0.25, 0.3) is 0 Å². The molecular weight excluding hydrogens is 417 g/mol. The normalized spacial score (nSPS) is 29.2. The number of nitrogens with zero attached hydrogens (tertiary/aromatic N) is 2. The number of hydrogen-bond donors (Lipinski definition) is 2. The average Bonchev–Trinajstić information content (AvgIpc) is 3.42. The lowest BCUT2D eigenvalue weighted by Crippen LogP contribution is -2.60. The number of nitriles is 1. The van der Waals surface area contributed by atoms with Crippen molar-refractivity contribution < 1.29 is 32.3 Å². The molecule has 8 nitrogen and oxygen atoms in total. The number of halogens is 3. The van der Waals surface area contributed by atoms with E-state index in [0.29, 0.717) is 12.8 Å². The van der Waals surface area contributed by atoms with Crippen molar-refractivity contribution >= 4 is 17.7 Å². The number of carbonyl (C=O) groups is 3. The Morgan fingerprint density at radius 1 is 1.26 bits per heavy atom. The second kappa shape index (κ2) is 7.65. The van der Waals surface area contributed by atoms with E-state index in [1.165, 1.54) is 11.8 Å². The zero-order chi connectivity index (χ0) is 23.4. The predicted octanol–water partition coefficient (Wildman–Crippen LogP) is 1.11. The number of nitrogens with one attached hydrogen (secondary N) is 2. The number of alkyl halides is 3. The highest BCUT2D eigenvalue weighted by Crippen LogP contribution is 2.64. The van der Waals surface area contributed by atoms with Gasteiger partial charge in [-0.25, -0.2) is 0 Å². The van der Waals surface area contributed by atoms with Crippen LogP contribution in [-0.4, -0.2) is 65.7 Å². The van der Waals surface area contributed by atoms with Crippen molar-refractivity contribution in [3.63, 3.8) is 0 Å². The van der Waals surface area contributed by atoms with Crippen molar-refractivity contribution in [1.82, 2.24) is 15.5 Å². The largest absolute Gasteiger partial charge is 0.471 e. The van der Waals surface area contributed by atoms with Crippen LogP contribution >= 0.6 is 0 Å². The van der Waals surface area contributed by atoms with Crippen molar-refractivity contribution in [2.24, 2.45) is 17.3 Å². The van der Waals surface area contributed by atoms with Crippen molar-refractivity contribution in [1.29, 1.82) is 5.26 Å². The minimum atomic E-state index is -5.17. The van der Waals surface area contributed by atoms with E-state index in [9.17, 15) is 27.6 Å². The van der Waals surface area contributed by atoms with E-state index in [-0.39, 0.29) is 30.3 Å². The molecular formula is C20H27F3N4O4. The van der Waals surface area contributed by atoms with E-state index in [1.807, 2.05) is 13.8 Å². The molecule has 172 valence electrons. The van der Waals surface area contributed by atoms with Crippen LogP contribution in [0.4, 0.5) is 13.2 Å². The molecule has 31 heavy (non-hydrogen) atoms. The van der Waals surface area contributed by atoms with Crippen LogP contribution in [0.1, 0.15) is 40.5 Å². The second-order valence-corrected chi connectivity index (χ2v) is 9.49. The standard InChI is InChI=1S/C20H27F3N4O4/c1-10(31-19(4)5-6-19)13(26-17(30)20(21,22)23)16(29)27-9-11-12(18(11,2)3)14(27)15(28)25-8-7-24/h10-14H,5-6,8-9H2,1-4H3,(H,25,28)(H,26,30)/t10-,11+,12+,13+,14+/m1/s1. The Hall–Kier alpha value is -2.35. The Bertz CT molecular complexity index is 818. The molecule has 0 unspecified atom stereocenters. The summed E-state index contributed by atoms with van der Waals surface area (Å²) in [5.41, 5.74) is -0.751. The number of piperidine rings is 1. The molecule has 2 N–H and O–H groups in total. The molecule has 3 amide bonds. The van der Waals surface area contributed by atoms with Gasteiger partial charge in [0, 0.05) is 6.54 Å². The van der Waals surface area contributed by atoms with Gasteiger partial charge in [0.15, 0.2) is 0 Å². The summed E-state index contributed by atoms with van der Waals surface area (Å²) < 4.78 is 44.5. The second-order valence-electron chi connectivity index (χ2n) is 9.49. The van der Waals surface area contributed by atoms with Gasteiger partial charge in [0.1, 0.15) is 18.6 Å². The molecule has 0 aromatic heterocycles. The molecule has 1 aliphatic heterocycles. The molecule has 0 spiro atoms. The average molecular weight is 444 g/mol. The van der Waals surface area contributed by atoms with E-state index in [4.69, 9.17) is 10.00 Å². The lowest BCUT2D eigenvalue weighted by atomic mass is 9.99. The van der Waals surface area contributed by atoms with Crippen LogP contribution in [0.2, 0.25) is 0 Å². The number of hydrogen-bond acceptors (Lipinski definition) is 5. The van der Waals surface area contributed by atoms with E-state index in [2.05, 4.69) is 5.32 Å². The molecule has 3 fully saturated rings. The van der Waals surface area contributed by atoms with Crippen LogP contribution in [0.5, 0.6) is 0 Å². The summed E-state index contributed by atoms with van der Waals surface area (Å²) in [5.74, 6) is -3.74. The number of amides is 3. The van der Waals surface area contributed by atoms with Crippen LogP contribution in [0.15, 0.2) is 0 Å². The summed E-state index contributed by atoms with van der Waals surface area (Å²) in [6.07, 6.45) is -4.79. The quantitative estimate of drug-likeness (QED) is 0.572. The van der Waals surface area contributed by atoms with Gasteiger partial charge in [-0.2, -0.15) is 18.4 Å². The van der Waals surface area contributed by atoms with Gasteiger partial charge >= 0.3 is 12.1 Å². The first-order valence-corrected chi connectivity index (χ1v) is 10.2. The third kappa shape index (κ3) is 4.49. The van der Waals surface area contributed by atoms with Gasteiger partial charge in [-0.05, 0) is 43.9 Å². The molecule has 2 aliphatic carbocycles. The van der Waals surface area contributed by atoms with Crippen molar-refractivity contribution in [2.45, 2.75) is 70.5 Å². The van der Waals surface area contributed by atoms with Gasteiger partial charge in [-0.15, -0.1) is 0 Å². The number of fused-ring (bicyclic) bond motifs is 1. The van der Waals surface area contributed by atoms with Gasteiger partial charge < -0.3 is 20.3 Å². The lowest BCUT2D eigenvalue weighted by molar-refractivity contribution is -0.177. The number of rotatable bonds is 7. The number of likely N-dealkylation sites (tertiary alicyclic amines) is 1. The van der Waals surface area contributed by atoms with Gasteiger partial charge in [0.2, 0.25) is 11.8 Å². The van der Waals surface area contributed by atoms with Crippen LogP contribution < -0.4 is 10.6 Å². The number of carbonyl (C=O) groups excluding carboxylic acids is 3. The molecule has 5 atom stereocenters. The first-order chi connectivity index (χ1) is 14.2. The molecule has 1 saturated heterocycles. The highest BCUT2D eigenvalue weighted by atomic mass is 19.4. The maximum absolute atomic E-state index is 13.3. The Kier molecular flexibility index (Phi) is 5.76. The fourth-order valence-corrected chi connectivity index (χ4v) is 4.64. The SMILES string of the molecule is C[C@@H](OC1(C)CC1)[C@H](NC(=O)C(F)(F)F)C(=O)N1C[C@H]2[C@@H]([C@H]1C(=O)NCC#N)C2(C)C. The topological polar surface area (TPSA) is 112 Å². The van der Waals surface area contributed by atoms with Crippen LogP contribution in [0.3, 0.4) is 0 Å². The Morgan fingerprint density at radius 3 is 2.39 bits per heavy atom. The van der Waals surface area contributed by atoms with Crippen molar-refractivity contribution in [2.75, 3.05) is 13.1 Å². The molecule has 3 aliphatic rings. The fourth-order valence-electron chi connectivity index (χ4n) is 4.64. The number of ether oxygens (including phenoxy) is 1. The molecule has 0 radical (unpaired) electrons. The maximum Gasteiger partial charge on any atom is 0.471 e. The van der Waals surface area contributed by atoms with E-state index in [0.717, 1.165) is 0 Å². The predicted molar refractivity (Wildman–Crippen MR) is 101 cm³/mol. The highest BCUT2D eigenvalue weighted by molar-refractivity contribution is 5.94. The summed E-state index contributed by atoms with van der Waals surface area (Å²) in [6, 6.07) is -0.726. The molecule has 3 rings (SSSR count). The monoisotopic (exact) mass is 444 g/mol. The minimum absolute atomic E-state index is 0.00503. The Balaban J connectivity index is 1.83. The Labute approximate surface area is 178 Å². The minimum Gasteiger partial charge on any atom is -0.370 e. The summed E-state index contributed by atoms with van der Waals surface area (Å²) in [6.45, 7) is 7.07. The highest BCUT2D eigenvalue weighted by Gasteiger charge is 2.69. The molecule has 0 aromatic carbocycles. The van der Waals surface area contributed by atoms with Crippen LogP contribution in [0.25, 0.3) is 0 Å². The molecule has 11 heteroatoms. The molecule has 1 heterocycles. The third-order valence-corrected chi connectivity index (χ3v) is 6.81. The summed E-state index contributed by atoms with van der Waals surface area (Å²) in [4.78, 5) is 38.9. The zero-order valence-corrected chi connectivity index (χ0v) is 17.9. The summed E-state index contributed by atoms with van der Waals surface area (Å²) in [7, 11) is 0. The summed E-state index contributed by atoms with van der Waals surface area (Å²) in [5, 5.41) is 13.0. The van der Waals surface area contributed by atoms with E-state index in [1.54, 1.807) is 18.3 Å². The Morgan fingerprint density at radius 2 is 1.87 bits per heavy atom. The first kappa shape index (κ1) is 23.3. The van der Waals surface area contributed by atoms with E-state index >= 15 is 0 Å². The van der Waals surface area contributed by atoms with Crippen molar-refractivity contribution in [3.8, 4) is 6.07 Å². The van der Waals surface area contributed by atoms with E-state index < -0.39 is 47.7 Å².